The smallest absolute Gasteiger partial charge is 0.119 e. The van der Waals surface area contributed by atoms with Crippen LogP contribution in [-0.2, 0) is 0 Å². The lowest BCUT2D eigenvalue weighted by Gasteiger charge is -2.25. The molecule has 1 rings (SSSR count). The van der Waals surface area contributed by atoms with Gasteiger partial charge in [0.25, 0.3) is 0 Å². The van der Waals surface area contributed by atoms with Crippen LogP contribution in [0.4, 0.5) is 5.69 Å². The first-order valence-electron chi connectivity index (χ1n) is 5.83. The molecular weight excluding hydrogens is 216 g/mol. The number of aliphatic hydroxyl groups is 1. The van der Waals surface area contributed by atoms with Crippen molar-refractivity contribution in [3.63, 3.8) is 0 Å². The van der Waals surface area contributed by atoms with Gasteiger partial charge in [0.2, 0.25) is 0 Å². The van der Waals surface area contributed by atoms with E-state index in [9.17, 15) is 5.11 Å². The van der Waals surface area contributed by atoms with Crippen molar-refractivity contribution in [3.05, 3.63) is 24.3 Å². The lowest BCUT2D eigenvalue weighted by molar-refractivity contribution is 0.0109. The molecular formula is C13H22N2O2. The Morgan fingerprint density at radius 3 is 2.47 bits per heavy atom. The van der Waals surface area contributed by atoms with E-state index in [0.29, 0.717) is 24.0 Å². The highest BCUT2D eigenvalue weighted by Crippen LogP contribution is 2.15. The predicted molar refractivity (Wildman–Crippen MR) is 70.1 cm³/mol. The van der Waals surface area contributed by atoms with Gasteiger partial charge in [-0.1, -0.05) is 13.8 Å². The van der Waals surface area contributed by atoms with E-state index < -0.39 is 5.60 Å². The second kappa shape index (κ2) is 5.89. The molecule has 0 heterocycles. The Morgan fingerprint density at radius 2 is 1.94 bits per heavy atom. The molecule has 0 saturated carbocycles. The molecule has 0 fully saturated rings. The average Bonchev–Trinajstić information content (AvgIpc) is 2.26. The standard InChI is InChI=1S/C13H22N2O2/c1-10(2)15-8-13(3,16)9-17-12-6-4-11(14)5-7-12/h4-7,10,15-16H,8-9,14H2,1-3H3. The highest BCUT2D eigenvalue weighted by molar-refractivity contribution is 5.41. The van der Waals surface area contributed by atoms with Crippen molar-refractivity contribution >= 4 is 5.69 Å². The van der Waals surface area contributed by atoms with Gasteiger partial charge in [-0.25, -0.2) is 0 Å². The lowest BCUT2D eigenvalue weighted by Crippen LogP contribution is -2.44. The van der Waals surface area contributed by atoms with Gasteiger partial charge in [0.05, 0.1) is 0 Å². The molecule has 1 atom stereocenters. The van der Waals surface area contributed by atoms with Crippen LogP contribution in [0, 0.1) is 0 Å². The maximum absolute atomic E-state index is 10.1. The molecule has 0 aromatic heterocycles. The first kappa shape index (κ1) is 13.8. The van der Waals surface area contributed by atoms with Gasteiger partial charge in [-0.2, -0.15) is 0 Å². The van der Waals surface area contributed by atoms with Gasteiger partial charge in [0.15, 0.2) is 0 Å². The molecule has 0 spiro atoms. The fraction of sp³-hybridized carbons (Fsp3) is 0.538. The third-order valence-electron chi connectivity index (χ3n) is 2.32. The third-order valence-corrected chi connectivity index (χ3v) is 2.32. The van der Waals surface area contributed by atoms with E-state index in [2.05, 4.69) is 5.32 Å². The van der Waals surface area contributed by atoms with Crippen molar-refractivity contribution < 1.29 is 9.84 Å². The van der Waals surface area contributed by atoms with Crippen molar-refractivity contribution in [3.8, 4) is 5.75 Å². The van der Waals surface area contributed by atoms with Crippen LogP contribution < -0.4 is 15.8 Å². The number of anilines is 1. The van der Waals surface area contributed by atoms with Gasteiger partial charge in [-0.3, -0.25) is 0 Å². The summed E-state index contributed by atoms with van der Waals surface area (Å²) < 4.78 is 5.51. The van der Waals surface area contributed by atoms with Gasteiger partial charge in [0, 0.05) is 18.3 Å². The number of benzene rings is 1. The van der Waals surface area contributed by atoms with Crippen LogP contribution in [0.1, 0.15) is 20.8 Å². The number of rotatable bonds is 6. The van der Waals surface area contributed by atoms with Gasteiger partial charge in [-0.15, -0.1) is 0 Å². The molecule has 4 N–H and O–H groups in total. The average molecular weight is 238 g/mol. The quantitative estimate of drug-likeness (QED) is 0.655. The maximum Gasteiger partial charge on any atom is 0.119 e. The lowest BCUT2D eigenvalue weighted by atomic mass is 10.1. The first-order valence-corrected chi connectivity index (χ1v) is 5.83. The number of ether oxygens (including phenoxy) is 1. The minimum Gasteiger partial charge on any atom is -0.491 e. The van der Waals surface area contributed by atoms with E-state index in [-0.39, 0.29) is 6.61 Å². The number of nitrogens with two attached hydrogens (primary N) is 1. The number of hydrogen-bond donors (Lipinski definition) is 3. The molecule has 1 unspecified atom stereocenters. The summed E-state index contributed by atoms with van der Waals surface area (Å²) in [5, 5.41) is 13.2. The van der Waals surface area contributed by atoms with Crippen LogP contribution in [0.25, 0.3) is 0 Å². The minimum absolute atomic E-state index is 0.247. The molecule has 0 aliphatic rings. The predicted octanol–water partition coefficient (Wildman–Crippen LogP) is 1.40. The monoisotopic (exact) mass is 238 g/mol. The Hall–Kier alpha value is -1.26. The molecule has 0 aliphatic carbocycles. The van der Waals surface area contributed by atoms with E-state index in [1.165, 1.54) is 0 Å². The Kier molecular flexibility index (Phi) is 4.78. The SMILES string of the molecule is CC(C)NCC(C)(O)COc1ccc(N)cc1. The summed E-state index contributed by atoms with van der Waals surface area (Å²) >= 11 is 0. The second-order valence-electron chi connectivity index (χ2n) is 4.89. The van der Waals surface area contributed by atoms with Gasteiger partial charge >= 0.3 is 0 Å². The van der Waals surface area contributed by atoms with Crippen LogP contribution >= 0.6 is 0 Å². The molecule has 0 radical (unpaired) electrons. The normalized spacial score (nSPS) is 14.6. The summed E-state index contributed by atoms with van der Waals surface area (Å²) in [4.78, 5) is 0. The summed E-state index contributed by atoms with van der Waals surface area (Å²) in [6, 6.07) is 7.48. The maximum atomic E-state index is 10.1. The number of nitrogen functional groups attached to an aromatic ring is 1. The van der Waals surface area contributed by atoms with Gasteiger partial charge in [-0.05, 0) is 31.2 Å². The molecule has 0 amide bonds. The van der Waals surface area contributed by atoms with Crippen LogP contribution in [0.2, 0.25) is 0 Å². The molecule has 0 saturated heterocycles. The summed E-state index contributed by atoms with van der Waals surface area (Å²) in [5.41, 5.74) is 5.39. The highest BCUT2D eigenvalue weighted by atomic mass is 16.5. The van der Waals surface area contributed by atoms with Crippen molar-refractivity contribution in [2.24, 2.45) is 0 Å². The van der Waals surface area contributed by atoms with Crippen LogP contribution in [-0.4, -0.2) is 29.9 Å². The topological polar surface area (TPSA) is 67.5 Å². The van der Waals surface area contributed by atoms with Crippen LogP contribution in [0.5, 0.6) is 5.75 Å². The molecule has 4 heteroatoms. The van der Waals surface area contributed by atoms with Crippen molar-refractivity contribution in [1.29, 1.82) is 0 Å². The molecule has 96 valence electrons. The molecule has 4 nitrogen and oxygen atoms in total. The van der Waals surface area contributed by atoms with Crippen molar-refractivity contribution in [2.45, 2.75) is 32.4 Å². The minimum atomic E-state index is -0.883. The summed E-state index contributed by atoms with van der Waals surface area (Å²) in [7, 11) is 0. The summed E-state index contributed by atoms with van der Waals surface area (Å²) in [6.45, 7) is 6.57. The second-order valence-corrected chi connectivity index (χ2v) is 4.89. The molecule has 0 aliphatic heterocycles. The van der Waals surface area contributed by atoms with Gasteiger partial charge in [0.1, 0.15) is 18.0 Å². The Labute approximate surface area is 103 Å². The number of nitrogens with one attached hydrogen (secondary N) is 1. The van der Waals surface area contributed by atoms with Crippen LogP contribution in [0.3, 0.4) is 0 Å². The fourth-order valence-corrected chi connectivity index (χ4v) is 1.28. The van der Waals surface area contributed by atoms with Gasteiger partial charge < -0.3 is 20.9 Å². The van der Waals surface area contributed by atoms with E-state index in [0.717, 1.165) is 0 Å². The number of hydrogen-bond acceptors (Lipinski definition) is 4. The van der Waals surface area contributed by atoms with Crippen LogP contribution in [0.15, 0.2) is 24.3 Å². The van der Waals surface area contributed by atoms with Crippen molar-refractivity contribution in [2.75, 3.05) is 18.9 Å². The molecule has 0 bridgehead atoms. The van der Waals surface area contributed by atoms with E-state index >= 15 is 0 Å². The Balaban J connectivity index is 2.40. The van der Waals surface area contributed by atoms with E-state index in [1.807, 2.05) is 13.8 Å². The van der Waals surface area contributed by atoms with Crippen molar-refractivity contribution in [1.82, 2.24) is 5.32 Å². The third kappa shape index (κ3) is 5.56. The Morgan fingerprint density at radius 1 is 1.35 bits per heavy atom. The van der Waals surface area contributed by atoms with E-state index in [1.54, 1.807) is 31.2 Å². The zero-order chi connectivity index (χ0) is 12.9. The molecule has 17 heavy (non-hydrogen) atoms. The molecule has 1 aromatic rings. The first-order chi connectivity index (χ1) is 7.89. The Bertz CT molecular complexity index is 334. The fourth-order valence-electron chi connectivity index (χ4n) is 1.28. The largest absolute Gasteiger partial charge is 0.491 e. The summed E-state index contributed by atoms with van der Waals surface area (Å²) in [6.07, 6.45) is 0. The molecule has 1 aromatic carbocycles. The zero-order valence-corrected chi connectivity index (χ0v) is 10.7. The highest BCUT2D eigenvalue weighted by Gasteiger charge is 2.21. The zero-order valence-electron chi connectivity index (χ0n) is 10.7. The summed E-state index contributed by atoms with van der Waals surface area (Å²) in [5.74, 6) is 0.712. The van der Waals surface area contributed by atoms with E-state index in [4.69, 9.17) is 10.5 Å².